The molecule has 1 aliphatic rings. The van der Waals surface area contributed by atoms with Gasteiger partial charge >= 0.3 is 0 Å². The van der Waals surface area contributed by atoms with E-state index >= 15 is 0 Å². The van der Waals surface area contributed by atoms with Crippen molar-refractivity contribution in [2.45, 2.75) is 33.2 Å². The fourth-order valence-electron chi connectivity index (χ4n) is 2.69. The third kappa shape index (κ3) is 3.81. The van der Waals surface area contributed by atoms with Crippen LogP contribution in [0.2, 0.25) is 0 Å². The summed E-state index contributed by atoms with van der Waals surface area (Å²) in [6.45, 7) is 11.8. The first-order valence-corrected chi connectivity index (χ1v) is 8.04. The molecular formula is C15H26N2S. The zero-order valence-electron chi connectivity index (χ0n) is 11.9. The lowest BCUT2D eigenvalue weighted by molar-refractivity contribution is 0.298. The van der Waals surface area contributed by atoms with Crippen LogP contribution in [0, 0.1) is 11.8 Å². The second-order valence-electron chi connectivity index (χ2n) is 5.78. The summed E-state index contributed by atoms with van der Waals surface area (Å²) >= 11 is 1.84. The molecular weight excluding hydrogens is 240 g/mol. The molecule has 0 aliphatic carbocycles. The number of hydrogen-bond donors (Lipinski definition) is 1. The van der Waals surface area contributed by atoms with Gasteiger partial charge in [-0.25, -0.2) is 0 Å². The SMILES string of the molecule is CC(NCCN1CCC(C(C)C)C1)c1cccs1. The standard InChI is InChI=1S/C15H26N2S/c1-12(2)14-6-8-17(11-14)9-7-16-13(3)15-5-4-10-18-15/h4-5,10,12-14,16H,6-9,11H2,1-3H3. The van der Waals surface area contributed by atoms with Gasteiger partial charge in [-0.2, -0.15) is 0 Å². The van der Waals surface area contributed by atoms with Crippen LogP contribution in [0.3, 0.4) is 0 Å². The molecule has 18 heavy (non-hydrogen) atoms. The van der Waals surface area contributed by atoms with E-state index in [4.69, 9.17) is 0 Å². The third-order valence-corrected chi connectivity index (χ3v) is 5.16. The third-order valence-electron chi connectivity index (χ3n) is 4.10. The summed E-state index contributed by atoms with van der Waals surface area (Å²) in [6, 6.07) is 4.84. The largest absolute Gasteiger partial charge is 0.308 e. The van der Waals surface area contributed by atoms with Gasteiger partial charge in [-0.3, -0.25) is 0 Å². The van der Waals surface area contributed by atoms with Gasteiger partial charge in [0, 0.05) is 30.6 Å². The van der Waals surface area contributed by atoms with E-state index < -0.39 is 0 Å². The average Bonchev–Trinajstić information content (AvgIpc) is 3.00. The maximum absolute atomic E-state index is 3.62. The molecule has 1 N–H and O–H groups in total. The fourth-order valence-corrected chi connectivity index (χ4v) is 3.45. The van der Waals surface area contributed by atoms with Crippen molar-refractivity contribution in [1.29, 1.82) is 0 Å². The Bertz CT molecular complexity index is 334. The van der Waals surface area contributed by atoms with Crippen LogP contribution in [0.1, 0.15) is 38.1 Å². The molecule has 2 nitrogen and oxygen atoms in total. The number of nitrogens with one attached hydrogen (secondary N) is 1. The minimum absolute atomic E-state index is 0.494. The van der Waals surface area contributed by atoms with Crippen molar-refractivity contribution in [3.05, 3.63) is 22.4 Å². The van der Waals surface area contributed by atoms with Gasteiger partial charge < -0.3 is 10.2 Å². The van der Waals surface area contributed by atoms with E-state index in [0.717, 1.165) is 18.4 Å². The molecule has 2 rings (SSSR count). The van der Waals surface area contributed by atoms with Gasteiger partial charge in [-0.05, 0) is 43.2 Å². The van der Waals surface area contributed by atoms with Crippen LogP contribution in [0.25, 0.3) is 0 Å². The second-order valence-corrected chi connectivity index (χ2v) is 6.76. The number of likely N-dealkylation sites (tertiary alicyclic amines) is 1. The molecule has 0 amide bonds. The lowest BCUT2D eigenvalue weighted by Gasteiger charge is -2.19. The predicted molar refractivity (Wildman–Crippen MR) is 80.1 cm³/mol. The molecule has 0 radical (unpaired) electrons. The topological polar surface area (TPSA) is 15.3 Å². The Labute approximate surface area is 115 Å². The maximum Gasteiger partial charge on any atom is 0.0386 e. The highest BCUT2D eigenvalue weighted by Crippen LogP contribution is 2.23. The second kappa shape index (κ2) is 6.69. The van der Waals surface area contributed by atoms with Crippen LogP contribution in [-0.4, -0.2) is 31.1 Å². The average molecular weight is 266 g/mol. The van der Waals surface area contributed by atoms with E-state index in [9.17, 15) is 0 Å². The van der Waals surface area contributed by atoms with Gasteiger partial charge in [0.05, 0.1) is 0 Å². The summed E-state index contributed by atoms with van der Waals surface area (Å²) < 4.78 is 0. The first-order valence-electron chi connectivity index (χ1n) is 7.16. The molecule has 1 aromatic heterocycles. The molecule has 1 aromatic rings. The first kappa shape index (κ1) is 14.0. The normalized spacial score (nSPS) is 22.8. The molecule has 0 aromatic carbocycles. The Hall–Kier alpha value is -0.380. The summed E-state index contributed by atoms with van der Waals surface area (Å²) in [6.07, 6.45) is 1.39. The Morgan fingerprint density at radius 1 is 1.44 bits per heavy atom. The quantitative estimate of drug-likeness (QED) is 0.849. The molecule has 0 spiro atoms. The lowest BCUT2D eigenvalue weighted by atomic mass is 9.95. The highest BCUT2D eigenvalue weighted by atomic mass is 32.1. The highest BCUT2D eigenvalue weighted by Gasteiger charge is 2.24. The van der Waals surface area contributed by atoms with Gasteiger partial charge in [0.15, 0.2) is 0 Å². The summed E-state index contributed by atoms with van der Waals surface area (Å²) in [7, 11) is 0. The van der Waals surface area contributed by atoms with E-state index in [1.165, 1.54) is 30.9 Å². The lowest BCUT2D eigenvalue weighted by Crippen LogP contribution is -2.32. The molecule has 1 saturated heterocycles. The van der Waals surface area contributed by atoms with Crippen molar-refractivity contribution >= 4 is 11.3 Å². The Morgan fingerprint density at radius 2 is 2.28 bits per heavy atom. The van der Waals surface area contributed by atoms with Crippen molar-refractivity contribution in [3.63, 3.8) is 0 Å². The van der Waals surface area contributed by atoms with Crippen LogP contribution in [-0.2, 0) is 0 Å². The number of hydrogen-bond acceptors (Lipinski definition) is 3. The van der Waals surface area contributed by atoms with E-state index in [1.807, 2.05) is 11.3 Å². The van der Waals surface area contributed by atoms with Crippen molar-refractivity contribution in [2.24, 2.45) is 11.8 Å². The molecule has 3 heteroatoms. The van der Waals surface area contributed by atoms with Crippen LogP contribution in [0.15, 0.2) is 17.5 Å². The van der Waals surface area contributed by atoms with Gasteiger partial charge in [0.2, 0.25) is 0 Å². The Kier molecular flexibility index (Phi) is 5.22. The van der Waals surface area contributed by atoms with Crippen molar-refractivity contribution < 1.29 is 0 Å². The molecule has 2 unspecified atom stereocenters. The van der Waals surface area contributed by atoms with Gasteiger partial charge in [-0.15, -0.1) is 11.3 Å². The summed E-state index contributed by atoms with van der Waals surface area (Å²) in [5.41, 5.74) is 0. The smallest absolute Gasteiger partial charge is 0.0386 e. The molecule has 102 valence electrons. The monoisotopic (exact) mass is 266 g/mol. The summed E-state index contributed by atoms with van der Waals surface area (Å²) in [5.74, 6) is 1.76. The summed E-state index contributed by atoms with van der Waals surface area (Å²) in [5, 5.41) is 5.78. The minimum Gasteiger partial charge on any atom is -0.308 e. The molecule has 1 fully saturated rings. The number of rotatable bonds is 6. The van der Waals surface area contributed by atoms with Crippen molar-refractivity contribution in [3.8, 4) is 0 Å². The zero-order chi connectivity index (χ0) is 13.0. The first-order chi connectivity index (χ1) is 8.66. The van der Waals surface area contributed by atoms with Gasteiger partial charge in [-0.1, -0.05) is 19.9 Å². The zero-order valence-corrected chi connectivity index (χ0v) is 12.7. The minimum atomic E-state index is 0.494. The molecule has 0 saturated carbocycles. The van der Waals surface area contributed by atoms with Crippen molar-refractivity contribution in [1.82, 2.24) is 10.2 Å². The molecule has 0 bridgehead atoms. The summed E-state index contributed by atoms with van der Waals surface area (Å²) in [4.78, 5) is 4.05. The van der Waals surface area contributed by atoms with Crippen LogP contribution < -0.4 is 5.32 Å². The number of nitrogens with zero attached hydrogens (tertiary/aromatic N) is 1. The van der Waals surface area contributed by atoms with E-state index in [-0.39, 0.29) is 0 Å². The molecule has 1 aliphatic heterocycles. The van der Waals surface area contributed by atoms with Gasteiger partial charge in [0.1, 0.15) is 0 Å². The molecule has 2 atom stereocenters. The van der Waals surface area contributed by atoms with E-state index in [1.54, 1.807) is 0 Å². The molecule has 2 heterocycles. The number of thiophene rings is 1. The van der Waals surface area contributed by atoms with E-state index in [2.05, 4.69) is 48.5 Å². The van der Waals surface area contributed by atoms with Crippen LogP contribution >= 0.6 is 11.3 Å². The Morgan fingerprint density at radius 3 is 2.89 bits per heavy atom. The van der Waals surface area contributed by atoms with Crippen molar-refractivity contribution in [2.75, 3.05) is 26.2 Å². The van der Waals surface area contributed by atoms with Crippen LogP contribution in [0.5, 0.6) is 0 Å². The van der Waals surface area contributed by atoms with Gasteiger partial charge in [0.25, 0.3) is 0 Å². The fraction of sp³-hybridized carbons (Fsp3) is 0.733. The van der Waals surface area contributed by atoms with Crippen LogP contribution in [0.4, 0.5) is 0 Å². The highest BCUT2D eigenvalue weighted by molar-refractivity contribution is 7.10. The predicted octanol–water partition coefficient (Wildman–Crippen LogP) is 3.38. The Balaban J connectivity index is 1.64. The maximum atomic E-state index is 3.62. The van der Waals surface area contributed by atoms with E-state index in [0.29, 0.717) is 6.04 Å².